The molecule has 1 amide bonds. The highest BCUT2D eigenvalue weighted by atomic mass is 32.2. The second kappa shape index (κ2) is 11.6. The van der Waals surface area contributed by atoms with Crippen molar-refractivity contribution in [2.75, 3.05) is 52.5 Å². The van der Waals surface area contributed by atoms with Crippen molar-refractivity contribution in [3.8, 4) is 0 Å². The van der Waals surface area contributed by atoms with Crippen LogP contribution in [0.15, 0.2) is 65.1 Å². The number of hydrogen-bond donors (Lipinski definition) is 1. The minimum atomic E-state index is -3.70. The monoisotopic (exact) mass is 527 g/mol. The third-order valence-corrected chi connectivity index (χ3v) is 8.86. The summed E-state index contributed by atoms with van der Waals surface area (Å²) in [7, 11) is -3.70. The number of ketones is 1. The zero-order valence-corrected chi connectivity index (χ0v) is 22.0. The molecule has 2 aliphatic rings. The first kappa shape index (κ1) is 27.0. The first-order valence-electron chi connectivity index (χ1n) is 12.5. The van der Waals surface area contributed by atoms with Crippen molar-refractivity contribution in [3.63, 3.8) is 0 Å². The summed E-state index contributed by atoms with van der Waals surface area (Å²) in [4.78, 5) is 30.1. The molecule has 2 aromatic rings. The summed E-state index contributed by atoms with van der Waals surface area (Å²) in [6.07, 6.45) is 0. The van der Waals surface area contributed by atoms with Crippen molar-refractivity contribution in [2.45, 2.75) is 24.8 Å². The van der Waals surface area contributed by atoms with Crippen LogP contribution in [0.4, 0.5) is 0 Å². The molecule has 2 saturated heterocycles. The Bertz CT molecular complexity index is 1250. The van der Waals surface area contributed by atoms with Gasteiger partial charge in [0.05, 0.1) is 29.7 Å². The van der Waals surface area contributed by atoms with E-state index in [1.54, 1.807) is 0 Å². The van der Waals surface area contributed by atoms with Crippen LogP contribution in [0.25, 0.3) is 5.76 Å². The van der Waals surface area contributed by atoms with Gasteiger partial charge in [0, 0.05) is 31.7 Å². The molecule has 9 nitrogen and oxygen atoms in total. The maximum atomic E-state index is 13.2. The minimum absolute atomic E-state index is 0.000432. The lowest BCUT2D eigenvalue weighted by atomic mass is 9.95. The number of amides is 1. The average Bonchev–Trinajstić information content (AvgIpc) is 3.19. The average molecular weight is 528 g/mol. The van der Waals surface area contributed by atoms with Crippen LogP contribution < -0.4 is 0 Å². The lowest BCUT2D eigenvalue weighted by molar-refractivity contribution is -0.140. The van der Waals surface area contributed by atoms with Gasteiger partial charge in [0.2, 0.25) is 10.0 Å². The number of sulfonamides is 1. The van der Waals surface area contributed by atoms with Crippen molar-refractivity contribution in [1.82, 2.24) is 14.1 Å². The summed E-state index contributed by atoms with van der Waals surface area (Å²) in [6, 6.07) is 14.2. The Kier molecular flexibility index (Phi) is 8.43. The van der Waals surface area contributed by atoms with Crippen molar-refractivity contribution in [2.24, 2.45) is 0 Å². The molecule has 37 heavy (non-hydrogen) atoms. The van der Waals surface area contributed by atoms with Crippen molar-refractivity contribution in [1.29, 1.82) is 0 Å². The number of carbonyl (C=O) groups is 2. The Hall–Kier alpha value is -3.05. The Labute approximate surface area is 218 Å². The van der Waals surface area contributed by atoms with Gasteiger partial charge in [-0.1, -0.05) is 44.2 Å². The fourth-order valence-corrected chi connectivity index (χ4v) is 6.17. The quantitative estimate of drug-likeness (QED) is 0.303. The molecule has 10 heteroatoms. The van der Waals surface area contributed by atoms with Crippen LogP contribution in [0.1, 0.15) is 31.0 Å². The van der Waals surface area contributed by atoms with Gasteiger partial charge in [-0.05, 0) is 42.9 Å². The summed E-state index contributed by atoms with van der Waals surface area (Å²) in [5, 5.41) is 11.3. The first-order chi connectivity index (χ1) is 17.8. The predicted molar refractivity (Wildman–Crippen MR) is 139 cm³/mol. The molecule has 198 valence electrons. The summed E-state index contributed by atoms with van der Waals surface area (Å²) in [6.45, 7) is 7.86. The largest absolute Gasteiger partial charge is 0.507 e. The highest BCUT2D eigenvalue weighted by Gasteiger charge is 2.46. The highest BCUT2D eigenvalue weighted by molar-refractivity contribution is 7.89. The number of nitrogens with zero attached hydrogens (tertiary/aromatic N) is 3. The molecule has 2 fully saturated rings. The molecule has 1 N–H and O–H groups in total. The standard InChI is InChI=1S/C27H33N3O6S/c1-3-28(4-2)14-15-30-24(20-8-6-5-7-9-20)23(26(32)27(30)33)25(31)21-10-12-22(13-11-21)37(34,35)29-16-18-36-19-17-29/h5-13,24,31H,3-4,14-19H2,1-2H3/b25-23-. The van der Waals surface area contributed by atoms with Gasteiger partial charge in [0.1, 0.15) is 5.76 Å². The van der Waals surface area contributed by atoms with Gasteiger partial charge >= 0.3 is 0 Å². The summed E-state index contributed by atoms with van der Waals surface area (Å²) < 4.78 is 32.5. The van der Waals surface area contributed by atoms with Crippen LogP contribution in [-0.2, 0) is 24.3 Å². The molecular weight excluding hydrogens is 494 g/mol. The van der Waals surface area contributed by atoms with E-state index in [9.17, 15) is 23.1 Å². The van der Waals surface area contributed by atoms with Crippen molar-refractivity contribution < 1.29 is 27.9 Å². The Morgan fingerprint density at radius 1 is 1.00 bits per heavy atom. The van der Waals surface area contributed by atoms with Crippen LogP contribution in [0, 0.1) is 0 Å². The van der Waals surface area contributed by atoms with Gasteiger partial charge in [-0.15, -0.1) is 0 Å². The van der Waals surface area contributed by atoms with E-state index in [0.29, 0.717) is 31.9 Å². The topological polar surface area (TPSA) is 107 Å². The normalized spacial score (nSPS) is 20.6. The van der Waals surface area contributed by atoms with E-state index >= 15 is 0 Å². The number of rotatable bonds is 9. The Balaban J connectivity index is 1.70. The lowest BCUT2D eigenvalue weighted by Crippen LogP contribution is -2.40. The van der Waals surface area contributed by atoms with Gasteiger partial charge in [-0.2, -0.15) is 4.31 Å². The molecule has 2 aliphatic heterocycles. The second-order valence-corrected chi connectivity index (χ2v) is 10.9. The number of likely N-dealkylation sites (N-methyl/N-ethyl adjacent to an activating group) is 1. The summed E-state index contributed by atoms with van der Waals surface area (Å²) in [5.74, 6) is -1.74. The molecule has 0 aromatic heterocycles. The molecule has 1 unspecified atom stereocenters. The third kappa shape index (κ3) is 5.47. The Morgan fingerprint density at radius 3 is 2.22 bits per heavy atom. The molecule has 0 bridgehead atoms. The molecule has 2 heterocycles. The number of likely N-dealkylation sites (tertiary alicyclic amines) is 1. The molecule has 0 saturated carbocycles. The van der Waals surface area contributed by atoms with Crippen LogP contribution in [0.3, 0.4) is 0 Å². The number of hydrogen-bond acceptors (Lipinski definition) is 7. The lowest BCUT2D eigenvalue weighted by Gasteiger charge is -2.28. The molecule has 4 rings (SSSR count). The number of aliphatic hydroxyl groups excluding tert-OH is 1. The predicted octanol–water partition coefficient (Wildman–Crippen LogP) is 2.47. The molecule has 0 spiro atoms. The van der Waals surface area contributed by atoms with E-state index in [1.165, 1.54) is 33.5 Å². The Morgan fingerprint density at radius 2 is 1.62 bits per heavy atom. The van der Waals surface area contributed by atoms with Gasteiger partial charge in [-0.3, -0.25) is 9.59 Å². The van der Waals surface area contributed by atoms with Crippen molar-refractivity contribution in [3.05, 3.63) is 71.3 Å². The third-order valence-electron chi connectivity index (χ3n) is 6.94. The van der Waals surface area contributed by atoms with Gasteiger partial charge in [0.25, 0.3) is 11.7 Å². The molecule has 1 atom stereocenters. The van der Waals surface area contributed by atoms with Gasteiger partial charge in [0.15, 0.2) is 0 Å². The molecule has 2 aromatic carbocycles. The van der Waals surface area contributed by atoms with E-state index in [4.69, 9.17) is 4.74 Å². The fourth-order valence-electron chi connectivity index (χ4n) is 4.76. The number of Topliss-reactive ketones (excluding diaryl/α,β-unsaturated/α-hetero) is 1. The number of benzene rings is 2. The van der Waals surface area contributed by atoms with Crippen LogP contribution in [0.2, 0.25) is 0 Å². The maximum absolute atomic E-state index is 13.2. The zero-order valence-electron chi connectivity index (χ0n) is 21.2. The first-order valence-corrected chi connectivity index (χ1v) is 14.0. The summed E-state index contributed by atoms with van der Waals surface area (Å²) >= 11 is 0. The van der Waals surface area contributed by atoms with Crippen molar-refractivity contribution >= 4 is 27.5 Å². The number of carbonyl (C=O) groups excluding carboxylic acids is 2. The molecule has 0 radical (unpaired) electrons. The van der Waals surface area contributed by atoms with E-state index < -0.39 is 27.8 Å². The summed E-state index contributed by atoms with van der Waals surface area (Å²) in [5.41, 5.74) is 0.984. The highest BCUT2D eigenvalue weighted by Crippen LogP contribution is 2.39. The molecule has 0 aliphatic carbocycles. The maximum Gasteiger partial charge on any atom is 0.295 e. The van der Waals surface area contributed by atoms with E-state index in [0.717, 1.165) is 13.1 Å². The van der Waals surface area contributed by atoms with E-state index in [1.807, 2.05) is 44.2 Å². The number of ether oxygens (including phenoxy) is 1. The zero-order chi connectivity index (χ0) is 26.6. The van der Waals surface area contributed by atoms with E-state index in [2.05, 4.69) is 4.90 Å². The van der Waals surface area contributed by atoms with E-state index in [-0.39, 0.29) is 34.9 Å². The molecular formula is C27H33N3O6S. The van der Waals surface area contributed by atoms with Gasteiger partial charge < -0.3 is 19.6 Å². The van der Waals surface area contributed by atoms with Crippen LogP contribution in [0.5, 0.6) is 0 Å². The smallest absolute Gasteiger partial charge is 0.295 e. The fraction of sp³-hybridized carbons (Fsp3) is 0.407. The SMILES string of the molecule is CCN(CC)CCN1C(=O)C(=O)/C(=C(\O)c2ccc(S(=O)(=O)N3CCOCC3)cc2)C1c1ccccc1. The van der Waals surface area contributed by atoms with Crippen LogP contribution >= 0.6 is 0 Å². The number of morpholine rings is 1. The second-order valence-electron chi connectivity index (χ2n) is 8.97. The minimum Gasteiger partial charge on any atom is -0.507 e. The number of aliphatic hydroxyl groups is 1. The van der Waals surface area contributed by atoms with Crippen LogP contribution in [-0.4, -0.2) is 91.8 Å². The van der Waals surface area contributed by atoms with Gasteiger partial charge in [-0.25, -0.2) is 8.42 Å².